The van der Waals surface area contributed by atoms with Crippen LogP contribution < -0.4 is 15.4 Å². The molecule has 2 N–H and O–H groups in total. The second kappa shape index (κ2) is 9.16. The van der Waals surface area contributed by atoms with Gasteiger partial charge in [0.15, 0.2) is 0 Å². The molecule has 1 amide bonds. The van der Waals surface area contributed by atoms with Crippen LogP contribution in [0.5, 0.6) is 5.88 Å². The third-order valence-corrected chi connectivity index (χ3v) is 2.33. The summed E-state index contributed by atoms with van der Waals surface area (Å²) < 4.78 is 10.1. The lowest BCUT2D eigenvalue weighted by atomic mass is 10.4. The summed E-state index contributed by atoms with van der Waals surface area (Å²) in [6.45, 7) is 3.99. The molecule has 19 heavy (non-hydrogen) atoms. The van der Waals surface area contributed by atoms with Crippen LogP contribution in [0.15, 0.2) is 18.3 Å². The summed E-state index contributed by atoms with van der Waals surface area (Å²) in [7, 11) is 1.64. The Morgan fingerprint density at radius 3 is 2.89 bits per heavy atom. The zero-order chi connectivity index (χ0) is 13.9. The predicted molar refractivity (Wildman–Crippen MR) is 73.4 cm³/mol. The van der Waals surface area contributed by atoms with E-state index >= 15 is 0 Å². The fraction of sp³-hybridized carbons (Fsp3) is 0.538. The molecule has 0 spiro atoms. The summed E-state index contributed by atoms with van der Waals surface area (Å²) in [4.78, 5) is 15.6. The average molecular weight is 267 g/mol. The van der Waals surface area contributed by atoms with Gasteiger partial charge in [0.1, 0.15) is 0 Å². The van der Waals surface area contributed by atoms with Gasteiger partial charge in [-0.2, -0.15) is 0 Å². The maximum absolute atomic E-state index is 11.5. The van der Waals surface area contributed by atoms with Crippen LogP contribution in [-0.4, -0.2) is 44.3 Å². The van der Waals surface area contributed by atoms with E-state index in [-0.39, 0.29) is 12.5 Å². The van der Waals surface area contributed by atoms with Gasteiger partial charge in [-0.1, -0.05) is 0 Å². The standard InChI is InChI=1S/C13H21N3O3/c1-3-19-13-6-5-11(9-16-13)15-10-12(17)14-7-4-8-18-2/h5-6,9,15H,3-4,7-8,10H2,1-2H3,(H,14,17). The van der Waals surface area contributed by atoms with E-state index < -0.39 is 0 Å². The Hall–Kier alpha value is -1.82. The number of anilines is 1. The molecule has 0 radical (unpaired) electrons. The summed E-state index contributed by atoms with van der Waals surface area (Å²) >= 11 is 0. The summed E-state index contributed by atoms with van der Waals surface area (Å²) in [5.74, 6) is 0.530. The highest BCUT2D eigenvalue weighted by Crippen LogP contribution is 2.10. The SMILES string of the molecule is CCOc1ccc(NCC(=O)NCCCOC)cn1. The van der Waals surface area contributed by atoms with Gasteiger partial charge in [-0.3, -0.25) is 4.79 Å². The average Bonchev–Trinajstić information content (AvgIpc) is 2.43. The fourth-order valence-electron chi connectivity index (χ4n) is 1.41. The number of aromatic nitrogens is 1. The first-order valence-electron chi connectivity index (χ1n) is 6.34. The van der Waals surface area contributed by atoms with E-state index in [1.807, 2.05) is 13.0 Å². The highest BCUT2D eigenvalue weighted by Gasteiger charge is 2.01. The number of ether oxygens (including phenoxy) is 2. The van der Waals surface area contributed by atoms with Gasteiger partial charge in [-0.15, -0.1) is 0 Å². The number of carbonyl (C=O) groups excluding carboxylic acids is 1. The van der Waals surface area contributed by atoms with Crippen LogP contribution in [0.2, 0.25) is 0 Å². The summed E-state index contributed by atoms with van der Waals surface area (Å²) in [5.41, 5.74) is 0.787. The van der Waals surface area contributed by atoms with Crippen molar-refractivity contribution < 1.29 is 14.3 Å². The molecule has 1 aromatic rings. The lowest BCUT2D eigenvalue weighted by Crippen LogP contribution is -2.31. The number of rotatable bonds is 9. The van der Waals surface area contributed by atoms with Gasteiger partial charge in [0.2, 0.25) is 11.8 Å². The molecule has 0 atom stereocenters. The minimum atomic E-state index is -0.0509. The van der Waals surface area contributed by atoms with Gasteiger partial charge in [0.05, 0.1) is 25.0 Å². The van der Waals surface area contributed by atoms with E-state index in [4.69, 9.17) is 9.47 Å². The number of methoxy groups -OCH3 is 1. The summed E-state index contributed by atoms with van der Waals surface area (Å²) in [6, 6.07) is 3.60. The smallest absolute Gasteiger partial charge is 0.239 e. The van der Waals surface area contributed by atoms with Crippen molar-refractivity contribution in [3.63, 3.8) is 0 Å². The zero-order valence-corrected chi connectivity index (χ0v) is 11.4. The lowest BCUT2D eigenvalue weighted by molar-refractivity contribution is -0.119. The number of hydrogen-bond acceptors (Lipinski definition) is 5. The molecule has 6 nitrogen and oxygen atoms in total. The monoisotopic (exact) mass is 267 g/mol. The molecule has 0 bridgehead atoms. The van der Waals surface area contributed by atoms with Gasteiger partial charge in [0.25, 0.3) is 0 Å². The fourth-order valence-corrected chi connectivity index (χ4v) is 1.41. The number of carbonyl (C=O) groups is 1. The summed E-state index contributed by atoms with van der Waals surface area (Å²) in [5, 5.41) is 5.79. The van der Waals surface area contributed by atoms with Crippen LogP contribution in [0.25, 0.3) is 0 Å². The Balaban J connectivity index is 2.22. The molecule has 1 heterocycles. The van der Waals surface area contributed by atoms with Crippen LogP contribution in [0.3, 0.4) is 0 Å². The lowest BCUT2D eigenvalue weighted by Gasteiger charge is -2.08. The molecule has 0 saturated heterocycles. The number of nitrogens with zero attached hydrogens (tertiary/aromatic N) is 1. The van der Waals surface area contributed by atoms with Crippen LogP contribution >= 0.6 is 0 Å². The molecular formula is C13H21N3O3. The zero-order valence-electron chi connectivity index (χ0n) is 11.4. The number of hydrogen-bond donors (Lipinski definition) is 2. The Labute approximate surface area is 113 Å². The second-order valence-corrected chi connectivity index (χ2v) is 3.87. The molecule has 0 saturated carbocycles. The number of amides is 1. The molecule has 1 aromatic heterocycles. The van der Waals surface area contributed by atoms with Crippen molar-refractivity contribution >= 4 is 11.6 Å². The first kappa shape index (κ1) is 15.2. The molecule has 0 aromatic carbocycles. The maximum Gasteiger partial charge on any atom is 0.239 e. The van der Waals surface area contributed by atoms with Crippen molar-refractivity contribution in [2.24, 2.45) is 0 Å². The largest absolute Gasteiger partial charge is 0.478 e. The van der Waals surface area contributed by atoms with E-state index in [9.17, 15) is 4.79 Å². The van der Waals surface area contributed by atoms with Gasteiger partial charge in [0, 0.05) is 26.3 Å². The molecule has 0 fully saturated rings. The second-order valence-electron chi connectivity index (χ2n) is 3.87. The first-order chi connectivity index (χ1) is 9.26. The van der Waals surface area contributed by atoms with Crippen molar-refractivity contribution in [3.05, 3.63) is 18.3 Å². The third kappa shape index (κ3) is 6.61. The minimum absolute atomic E-state index is 0.0509. The van der Waals surface area contributed by atoms with Crippen LogP contribution in [-0.2, 0) is 9.53 Å². The molecule has 0 unspecified atom stereocenters. The van der Waals surface area contributed by atoms with Crippen LogP contribution in [0, 0.1) is 0 Å². The van der Waals surface area contributed by atoms with Crippen molar-refractivity contribution in [1.82, 2.24) is 10.3 Å². The minimum Gasteiger partial charge on any atom is -0.478 e. The van der Waals surface area contributed by atoms with Crippen molar-refractivity contribution in [1.29, 1.82) is 0 Å². The van der Waals surface area contributed by atoms with Gasteiger partial charge in [-0.05, 0) is 19.4 Å². The molecule has 106 valence electrons. The molecule has 1 rings (SSSR count). The van der Waals surface area contributed by atoms with E-state index in [2.05, 4.69) is 15.6 Å². The number of nitrogens with one attached hydrogen (secondary N) is 2. The van der Waals surface area contributed by atoms with Crippen molar-refractivity contribution in [3.8, 4) is 5.88 Å². The van der Waals surface area contributed by atoms with Crippen LogP contribution in [0.4, 0.5) is 5.69 Å². The highest BCUT2D eigenvalue weighted by atomic mass is 16.5. The predicted octanol–water partition coefficient (Wildman–Crippen LogP) is 1.04. The van der Waals surface area contributed by atoms with Crippen molar-refractivity contribution in [2.45, 2.75) is 13.3 Å². The van der Waals surface area contributed by atoms with E-state index in [0.717, 1.165) is 12.1 Å². The maximum atomic E-state index is 11.5. The molecule has 6 heteroatoms. The number of pyridine rings is 1. The third-order valence-electron chi connectivity index (χ3n) is 2.33. The molecule has 0 aliphatic rings. The summed E-state index contributed by atoms with van der Waals surface area (Å²) in [6.07, 6.45) is 2.45. The van der Waals surface area contributed by atoms with E-state index in [1.54, 1.807) is 19.4 Å². The van der Waals surface area contributed by atoms with Gasteiger partial charge >= 0.3 is 0 Å². The van der Waals surface area contributed by atoms with E-state index in [0.29, 0.717) is 25.6 Å². The molecular weight excluding hydrogens is 246 g/mol. The van der Waals surface area contributed by atoms with Crippen molar-refractivity contribution in [2.75, 3.05) is 38.7 Å². The first-order valence-corrected chi connectivity index (χ1v) is 6.34. The highest BCUT2D eigenvalue weighted by molar-refractivity contribution is 5.80. The topological polar surface area (TPSA) is 72.5 Å². The quantitative estimate of drug-likeness (QED) is 0.654. The Bertz CT molecular complexity index is 368. The van der Waals surface area contributed by atoms with Gasteiger partial charge < -0.3 is 20.1 Å². The normalized spacial score (nSPS) is 10.0. The molecule has 0 aliphatic heterocycles. The Morgan fingerprint density at radius 1 is 1.42 bits per heavy atom. The Kier molecular flexibility index (Phi) is 7.34. The van der Waals surface area contributed by atoms with E-state index in [1.165, 1.54) is 0 Å². The van der Waals surface area contributed by atoms with Gasteiger partial charge in [-0.25, -0.2) is 4.98 Å². The molecule has 0 aliphatic carbocycles. The Morgan fingerprint density at radius 2 is 2.26 bits per heavy atom. The van der Waals surface area contributed by atoms with Crippen LogP contribution in [0.1, 0.15) is 13.3 Å².